The zero-order valence-corrected chi connectivity index (χ0v) is 18.7. The first-order chi connectivity index (χ1) is 14.5. The number of ether oxygens (including phenoxy) is 1. The number of aromatic nitrogens is 1. The summed E-state index contributed by atoms with van der Waals surface area (Å²) in [5, 5.41) is 3.08. The number of fused-ring (bicyclic) bond motifs is 5. The molecule has 0 aromatic carbocycles. The molecule has 162 valence electrons. The number of hydrogen-bond acceptors (Lipinski definition) is 3. The van der Waals surface area contributed by atoms with E-state index in [4.69, 9.17) is 4.74 Å². The number of hydrogen-bond donors (Lipinski definition) is 1. The Morgan fingerprint density at radius 1 is 1.17 bits per heavy atom. The molecule has 1 aromatic heterocycles. The van der Waals surface area contributed by atoms with Gasteiger partial charge in [0.05, 0.1) is 7.11 Å². The fraction of sp³-hybridized carbons (Fsp3) is 0.692. The van der Waals surface area contributed by atoms with Gasteiger partial charge in [-0.25, -0.2) is 4.79 Å². The van der Waals surface area contributed by atoms with Gasteiger partial charge in [-0.15, -0.1) is 0 Å². The molecule has 1 N–H and O–H groups in total. The van der Waals surface area contributed by atoms with Crippen molar-refractivity contribution in [2.75, 3.05) is 7.11 Å². The lowest BCUT2D eigenvalue weighted by atomic mass is 9.44. The number of rotatable bonds is 2. The summed E-state index contributed by atoms with van der Waals surface area (Å²) in [6.45, 7) is 5.11. The molecule has 1 heterocycles. The summed E-state index contributed by atoms with van der Waals surface area (Å²) >= 11 is 0. The summed E-state index contributed by atoms with van der Waals surface area (Å²) < 4.78 is 4.84. The van der Waals surface area contributed by atoms with Gasteiger partial charge in [0.2, 0.25) is 0 Å². The van der Waals surface area contributed by atoms with Crippen molar-refractivity contribution in [3.8, 4) is 0 Å². The minimum absolute atomic E-state index is 0.273. The Kier molecular flexibility index (Phi) is 4.95. The number of amides is 1. The smallest absolute Gasteiger partial charge is 0.407 e. The largest absolute Gasteiger partial charge is 0.453 e. The van der Waals surface area contributed by atoms with Crippen LogP contribution in [0.25, 0.3) is 5.57 Å². The van der Waals surface area contributed by atoms with Crippen molar-refractivity contribution in [1.29, 1.82) is 0 Å². The lowest BCUT2D eigenvalue weighted by Crippen LogP contribution is -2.55. The number of carbonyl (C=O) groups is 1. The molecule has 0 aliphatic heterocycles. The third-order valence-electron chi connectivity index (χ3n) is 9.73. The molecule has 1 aromatic rings. The molecule has 0 bridgehead atoms. The van der Waals surface area contributed by atoms with Gasteiger partial charge in [-0.1, -0.05) is 26.0 Å². The average molecular weight is 409 g/mol. The molecule has 4 aliphatic rings. The van der Waals surface area contributed by atoms with E-state index in [0.717, 1.165) is 36.5 Å². The molecule has 30 heavy (non-hydrogen) atoms. The molecular formula is C26H36N2O2. The van der Waals surface area contributed by atoms with Crippen molar-refractivity contribution in [1.82, 2.24) is 10.3 Å². The van der Waals surface area contributed by atoms with E-state index in [1.807, 2.05) is 6.20 Å². The Balaban J connectivity index is 1.34. The molecule has 0 saturated heterocycles. The molecular weight excluding hydrogens is 372 g/mol. The number of carbonyl (C=O) groups excluding carboxylic acids is 1. The molecule has 4 aliphatic carbocycles. The van der Waals surface area contributed by atoms with Crippen LogP contribution in [0.5, 0.6) is 0 Å². The summed E-state index contributed by atoms with van der Waals surface area (Å²) in [6.07, 6.45) is 16.2. The van der Waals surface area contributed by atoms with Crippen LogP contribution in [0, 0.1) is 34.5 Å². The van der Waals surface area contributed by atoms with Crippen molar-refractivity contribution >= 4 is 11.7 Å². The van der Waals surface area contributed by atoms with Crippen LogP contribution in [0.2, 0.25) is 0 Å². The highest BCUT2D eigenvalue weighted by molar-refractivity contribution is 5.72. The molecule has 1 unspecified atom stereocenters. The molecule has 5 rings (SSSR count). The monoisotopic (exact) mass is 408 g/mol. The zero-order valence-electron chi connectivity index (χ0n) is 18.7. The molecule has 7 atom stereocenters. The average Bonchev–Trinajstić information content (AvgIpc) is 3.11. The number of nitrogens with one attached hydrogen (secondary N) is 1. The van der Waals surface area contributed by atoms with Gasteiger partial charge >= 0.3 is 6.09 Å². The van der Waals surface area contributed by atoms with Crippen molar-refractivity contribution in [3.63, 3.8) is 0 Å². The Hall–Kier alpha value is -1.84. The van der Waals surface area contributed by atoms with E-state index in [-0.39, 0.29) is 12.1 Å². The van der Waals surface area contributed by atoms with E-state index in [1.54, 1.807) is 5.57 Å². The lowest BCUT2D eigenvalue weighted by molar-refractivity contribution is -0.0996. The summed E-state index contributed by atoms with van der Waals surface area (Å²) in [5.74, 6) is 3.16. The Morgan fingerprint density at radius 3 is 2.80 bits per heavy atom. The van der Waals surface area contributed by atoms with Gasteiger partial charge in [0.15, 0.2) is 0 Å². The van der Waals surface area contributed by atoms with Crippen molar-refractivity contribution < 1.29 is 9.53 Å². The maximum Gasteiger partial charge on any atom is 0.407 e. The van der Waals surface area contributed by atoms with Gasteiger partial charge in [0.1, 0.15) is 0 Å². The summed E-state index contributed by atoms with van der Waals surface area (Å²) in [4.78, 5) is 16.1. The first kappa shape index (κ1) is 20.1. The van der Waals surface area contributed by atoms with E-state index in [1.165, 1.54) is 51.2 Å². The van der Waals surface area contributed by atoms with Crippen molar-refractivity contribution in [3.05, 3.63) is 36.2 Å². The third-order valence-corrected chi connectivity index (χ3v) is 9.73. The van der Waals surface area contributed by atoms with Gasteiger partial charge in [0, 0.05) is 18.4 Å². The first-order valence-electron chi connectivity index (χ1n) is 11.9. The van der Waals surface area contributed by atoms with Crippen LogP contribution >= 0.6 is 0 Å². The van der Waals surface area contributed by atoms with Crippen LogP contribution in [0.15, 0.2) is 30.6 Å². The van der Waals surface area contributed by atoms with Gasteiger partial charge in [-0.2, -0.15) is 0 Å². The highest BCUT2D eigenvalue weighted by atomic mass is 16.5. The van der Waals surface area contributed by atoms with Gasteiger partial charge in [0.25, 0.3) is 0 Å². The molecule has 1 amide bonds. The second-order valence-electron chi connectivity index (χ2n) is 10.8. The van der Waals surface area contributed by atoms with Gasteiger partial charge in [-0.05, 0) is 103 Å². The zero-order chi connectivity index (χ0) is 20.9. The molecule has 4 nitrogen and oxygen atoms in total. The van der Waals surface area contributed by atoms with Crippen LogP contribution in [-0.2, 0) is 4.74 Å². The van der Waals surface area contributed by atoms with Crippen LogP contribution < -0.4 is 5.32 Å². The fourth-order valence-electron chi connectivity index (χ4n) is 8.15. The number of allylic oxidation sites excluding steroid dienone is 2. The minimum Gasteiger partial charge on any atom is -0.453 e. The molecule has 0 radical (unpaired) electrons. The van der Waals surface area contributed by atoms with E-state index < -0.39 is 0 Å². The summed E-state index contributed by atoms with van der Waals surface area (Å²) in [7, 11) is 1.46. The molecule has 3 saturated carbocycles. The maximum absolute atomic E-state index is 11.7. The molecule has 0 spiro atoms. The topological polar surface area (TPSA) is 51.2 Å². The van der Waals surface area contributed by atoms with E-state index in [2.05, 4.69) is 48.6 Å². The maximum atomic E-state index is 11.7. The highest BCUT2D eigenvalue weighted by Crippen LogP contribution is 2.67. The third kappa shape index (κ3) is 3.01. The number of nitrogens with zero attached hydrogens (tertiary/aromatic N) is 1. The second-order valence-corrected chi connectivity index (χ2v) is 10.8. The van der Waals surface area contributed by atoms with Crippen molar-refractivity contribution in [2.24, 2.45) is 34.5 Å². The molecule has 4 heteroatoms. The van der Waals surface area contributed by atoms with Crippen LogP contribution in [0.4, 0.5) is 4.79 Å². The SMILES string of the molecule is COC(=O)N[C@H]1CC[C@@]2(C)C(CC[C@@H]3[C@@H]2CC[C@]2(C)C(c4cccnc4)=CC[C@@H]32)C1. The van der Waals surface area contributed by atoms with Gasteiger partial charge in [-0.3, -0.25) is 4.98 Å². The first-order valence-corrected chi connectivity index (χ1v) is 11.9. The van der Waals surface area contributed by atoms with E-state index in [0.29, 0.717) is 10.8 Å². The van der Waals surface area contributed by atoms with E-state index in [9.17, 15) is 4.79 Å². The molecule has 3 fully saturated rings. The standard InChI is InChI=1S/C26H36N2O2/c1-25-12-10-19(28-24(29)30-3)15-18(25)6-7-20-22-9-8-21(17-5-4-14-27-16-17)26(22,2)13-11-23(20)25/h4-5,8,14,16,18-20,22-23H,6-7,9-13,15H2,1-3H3,(H,28,29)/t18?,19-,20-,22-,23-,25-,26+/m0/s1. The van der Waals surface area contributed by atoms with Gasteiger partial charge < -0.3 is 10.1 Å². The van der Waals surface area contributed by atoms with Crippen LogP contribution in [0.3, 0.4) is 0 Å². The quantitative estimate of drug-likeness (QED) is 0.668. The van der Waals surface area contributed by atoms with Crippen LogP contribution in [0.1, 0.15) is 70.8 Å². The number of methoxy groups -OCH3 is 1. The van der Waals surface area contributed by atoms with E-state index >= 15 is 0 Å². The predicted molar refractivity (Wildman–Crippen MR) is 119 cm³/mol. The number of pyridine rings is 1. The van der Waals surface area contributed by atoms with Crippen molar-refractivity contribution in [2.45, 2.75) is 71.3 Å². The Morgan fingerprint density at radius 2 is 2.03 bits per heavy atom. The highest BCUT2D eigenvalue weighted by Gasteiger charge is 2.58. The second kappa shape index (κ2) is 7.39. The Bertz CT molecular complexity index is 837. The minimum atomic E-state index is -0.273. The Labute approximate surface area is 180 Å². The predicted octanol–water partition coefficient (Wildman–Crippen LogP) is 5.84. The normalized spacial score (nSPS) is 42.4. The summed E-state index contributed by atoms with van der Waals surface area (Å²) in [5.41, 5.74) is 3.61. The number of alkyl carbamates (subject to hydrolysis) is 1. The fourth-order valence-corrected chi connectivity index (χ4v) is 8.15. The van der Waals surface area contributed by atoms with Crippen LogP contribution in [-0.4, -0.2) is 24.2 Å². The lowest BCUT2D eigenvalue weighted by Gasteiger charge is -2.61. The summed E-state index contributed by atoms with van der Waals surface area (Å²) in [6, 6.07) is 4.60.